The molecule has 1 aromatic carbocycles. The second-order valence-electron chi connectivity index (χ2n) is 3.56. The molecular weight excluding hydrogens is 220 g/mol. The number of hydrogen-bond acceptors (Lipinski definition) is 4. The van der Waals surface area contributed by atoms with Gasteiger partial charge in [-0.15, -0.1) is 11.3 Å². The van der Waals surface area contributed by atoms with E-state index in [4.69, 9.17) is 5.11 Å². The lowest BCUT2D eigenvalue weighted by Crippen LogP contribution is -2.15. The number of nitrogens with zero attached hydrogens (tertiary/aromatic N) is 1. The zero-order chi connectivity index (χ0) is 11.2. The van der Waals surface area contributed by atoms with Crippen molar-refractivity contribution in [3.63, 3.8) is 0 Å². The van der Waals surface area contributed by atoms with Crippen LogP contribution in [0.15, 0.2) is 36.0 Å². The van der Waals surface area contributed by atoms with Crippen LogP contribution in [0, 0.1) is 0 Å². The van der Waals surface area contributed by atoms with E-state index >= 15 is 0 Å². The van der Waals surface area contributed by atoms with Crippen LogP contribution < -0.4 is 5.32 Å². The molecule has 84 valence electrons. The van der Waals surface area contributed by atoms with E-state index in [1.165, 1.54) is 10.4 Å². The molecule has 2 aromatic rings. The number of rotatable bonds is 5. The molecule has 0 unspecified atom stereocenters. The van der Waals surface area contributed by atoms with Crippen LogP contribution in [0.3, 0.4) is 0 Å². The van der Waals surface area contributed by atoms with E-state index in [-0.39, 0.29) is 0 Å². The van der Waals surface area contributed by atoms with Crippen molar-refractivity contribution in [1.82, 2.24) is 10.3 Å². The molecule has 0 saturated heterocycles. The molecule has 0 aliphatic rings. The first-order valence-corrected chi connectivity index (χ1v) is 6.08. The average molecular weight is 234 g/mol. The highest BCUT2D eigenvalue weighted by Crippen LogP contribution is 2.09. The summed E-state index contributed by atoms with van der Waals surface area (Å²) in [5.74, 6) is 0.321. The van der Waals surface area contributed by atoms with Gasteiger partial charge in [-0.05, 0) is 30.7 Å². The third kappa shape index (κ3) is 3.32. The lowest BCUT2D eigenvalue weighted by Gasteiger charge is -2.03. The van der Waals surface area contributed by atoms with E-state index in [1.54, 1.807) is 23.5 Å². The third-order valence-electron chi connectivity index (χ3n) is 2.31. The molecule has 4 heteroatoms. The first kappa shape index (κ1) is 11.1. The molecule has 0 aliphatic carbocycles. The Morgan fingerprint density at radius 3 is 2.75 bits per heavy atom. The monoisotopic (exact) mass is 234 g/mol. The fourth-order valence-corrected chi connectivity index (χ4v) is 2.00. The molecule has 0 saturated carbocycles. The maximum absolute atomic E-state index is 9.13. The molecule has 16 heavy (non-hydrogen) atoms. The van der Waals surface area contributed by atoms with Gasteiger partial charge in [0, 0.05) is 17.6 Å². The highest BCUT2D eigenvalue weighted by Gasteiger charge is 1.95. The van der Waals surface area contributed by atoms with Crippen molar-refractivity contribution in [2.24, 2.45) is 0 Å². The average Bonchev–Trinajstić information content (AvgIpc) is 2.80. The van der Waals surface area contributed by atoms with Crippen molar-refractivity contribution in [3.8, 4) is 5.75 Å². The number of hydrogen-bond donors (Lipinski definition) is 2. The quantitative estimate of drug-likeness (QED) is 0.779. The Morgan fingerprint density at radius 2 is 2.06 bits per heavy atom. The SMILES string of the molecule is Oc1ccc(CCNCc2cncs2)cc1. The molecule has 3 nitrogen and oxygen atoms in total. The van der Waals surface area contributed by atoms with Crippen molar-refractivity contribution < 1.29 is 5.11 Å². The molecule has 0 radical (unpaired) electrons. The van der Waals surface area contributed by atoms with Gasteiger partial charge in [-0.25, -0.2) is 0 Å². The maximum Gasteiger partial charge on any atom is 0.115 e. The Labute approximate surface area is 98.8 Å². The van der Waals surface area contributed by atoms with E-state index < -0.39 is 0 Å². The summed E-state index contributed by atoms with van der Waals surface area (Å²) in [5, 5.41) is 12.5. The zero-order valence-corrected chi connectivity index (χ0v) is 9.70. The van der Waals surface area contributed by atoms with Crippen LogP contribution in [0.5, 0.6) is 5.75 Å². The lowest BCUT2D eigenvalue weighted by atomic mass is 10.1. The van der Waals surface area contributed by atoms with E-state index in [9.17, 15) is 0 Å². The van der Waals surface area contributed by atoms with Crippen molar-refractivity contribution >= 4 is 11.3 Å². The Morgan fingerprint density at radius 1 is 1.25 bits per heavy atom. The molecule has 0 atom stereocenters. The fraction of sp³-hybridized carbons (Fsp3) is 0.250. The van der Waals surface area contributed by atoms with Crippen molar-refractivity contribution in [3.05, 3.63) is 46.4 Å². The molecule has 1 heterocycles. The van der Waals surface area contributed by atoms with E-state index in [1.807, 2.05) is 23.8 Å². The Bertz CT molecular complexity index is 411. The van der Waals surface area contributed by atoms with Gasteiger partial charge in [0.2, 0.25) is 0 Å². The predicted molar refractivity (Wildman–Crippen MR) is 65.6 cm³/mol. The summed E-state index contributed by atoms with van der Waals surface area (Å²) in [7, 11) is 0. The van der Waals surface area contributed by atoms with Crippen molar-refractivity contribution in [2.45, 2.75) is 13.0 Å². The smallest absolute Gasteiger partial charge is 0.115 e. The minimum absolute atomic E-state index is 0.321. The molecule has 2 rings (SSSR count). The molecule has 0 bridgehead atoms. The van der Waals surface area contributed by atoms with Crippen LogP contribution in [0.1, 0.15) is 10.4 Å². The van der Waals surface area contributed by atoms with Gasteiger partial charge in [-0.3, -0.25) is 4.98 Å². The van der Waals surface area contributed by atoms with Gasteiger partial charge in [0.1, 0.15) is 5.75 Å². The molecular formula is C12H14N2OS. The normalized spacial score (nSPS) is 10.5. The second kappa shape index (κ2) is 5.63. The minimum Gasteiger partial charge on any atom is -0.508 e. The maximum atomic E-state index is 9.13. The largest absolute Gasteiger partial charge is 0.508 e. The van der Waals surface area contributed by atoms with Gasteiger partial charge in [-0.1, -0.05) is 12.1 Å². The minimum atomic E-state index is 0.321. The van der Waals surface area contributed by atoms with Crippen molar-refractivity contribution in [2.75, 3.05) is 6.54 Å². The summed E-state index contributed by atoms with van der Waals surface area (Å²) in [4.78, 5) is 5.27. The van der Waals surface area contributed by atoms with Crippen LogP contribution >= 0.6 is 11.3 Å². The Hall–Kier alpha value is -1.39. The Kier molecular flexibility index (Phi) is 3.91. The summed E-state index contributed by atoms with van der Waals surface area (Å²) in [5.41, 5.74) is 3.08. The molecule has 1 aromatic heterocycles. The van der Waals surface area contributed by atoms with Gasteiger partial charge in [0.15, 0.2) is 0 Å². The van der Waals surface area contributed by atoms with E-state index in [2.05, 4.69) is 10.3 Å². The molecule has 0 aliphatic heterocycles. The highest BCUT2D eigenvalue weighted by atomic mass is 32.1. The van der Waals surface area contributed by atoms with Crippen LogP contribution in [0.4, 0.5) is 0 Å². The fourth-order valence-electron chi connectivity index (χ4n) is 1.44. The molecule has 0 spiro atoms. The Balaban J connectivity index is 1.70. The number of thiazole rings is 1. The van der Waals surface area contributed by atoms with Crippen molar-refractivity contribution in [1.29, 1.82) is 0 Å². The predicted octanol–water partition coefficient (Wildman–Crippen LogP) is 2.18. The standard InChI is InChI=1S/C12H14N2OS/c15-11-3-1-10(2-4-11)5-6-13-7-12-8-14-9-16-12/h1-4,8-9,13,15H,5-7H2. The number of phenols is 1. The number of aromatic hydroxyl groups is 1. The summed E-state index contributed by atoms with van der Waals surface area (Å²) in [6.07, 6.45) is 2.86. The van der Waals surface area contributed by atoms with Gasteiger partial charge >= 0.3 is 0 Å². The van der Waals surface area contributed by atoms with E-state index in [0.29, 0.717) is 5.75 Å². The summed E-state index contributed by atoms with van der Waals surface area (Å²) < 4.78 is 0. The molecule has 2 N–H and O–H groups in total. The van der Waals surface area contributed by atoms with Crippen LogP contribution in [0.25, 0.3) is 0 Å². The summed E-state index contributed by atoms with van der Waals surface area (Å²) in [6.45, 7) is 1.81. The lowest BCUT2D eigenvalue weighted by molar-refractivity contribution is 0.475. The number of aromatic nitrogens is 1. The first-order chi connectivity index (χ1) is 7.84. The third-order valence-corrected chi connectivity index (χ3v) is 3.09. The topological polar surface area (TPSA) is 45.1 Å². The highest BCUT2D eigenvalue weighted by molar-refractivity contribution is 7.09. The number of benzene rings is 1. The van der Waals surface area contributed by atoms with Gasteiger partial charge in [0.25, 0.3) is 0 Å². The molecule has 0 fully saturated rings. The summed E-state index contributed by atoms with van der Waals surface area (Å²) >= 11 is 1.66. The van der Waals surface area contributed by atoms with Crippen LogP contribution in [0.2, 0.25) is 0 Å². The van der Waals surface area contributed by atoms with Gasteiger partial charge in [-0.2, -0.15) is 0 Å². The van der Waals surface area contributed by atoms with Gasteiger partial charge in [0.05, 0.1) is 5.51 Å². The van der Waals surface area contributed by atoms with E-state index in [0.717, 1.165) is 19.5 Å². The number of nitrogens with one attached hydrogen (secondary N) is 1. The molecule has 0 amide bonds. The summed E-state index contributed by atoms with van der Waals surface area (Å²) in [6, 6.07) is 7.34. The first-order valence-electron chi connectivity index (χ1n) is 5.20. The van der Waals surface area contributed by atoms with Crippen LogP contribution in [-0.2, 0) is 13.0 Å². The number of phenolic OH excluding ortho intramolecular Hbond substituents is 1. The zero-order valence-electron chi connectivity index (χ0n) is 8.89. The van der Waals surface area contributed by atoms with Gasteiger partial charge < -0.3 is 10.4 Å². The van der Waals surface area contributed by atoms with Crippen LogP contribution in [-0.4, -0.2) is 16.6 Å². The second-order valence-corrected chi connectivity index (χ2v) is 4.53.